The smallest absolute Gasteiger partial charge is 0.387 e. The van der Waals surface area contributed by atoms with Crippen LogP contribution in [-0.4, -0.2) is 180 Å². The van der Waals surface area contributed by atoms with Gasteiger partial charge in [-0.1, -0.05) is 0 Å². The first-order chi connectivity index (χ1) is 32.2. The molecular weight excluding hydrogens is 979 g/mol. The fourth-order valence-electron chi connectivity index (χ4n) is 7.65. The van der Waals surface area contributed by atoms with Crippen LogP contribution < -0.4 is 17.2 Å². The summed E-state index contributed by atoms with van der Waals surface area (Å²) in [7, 11) is -15.3. The minimum Gasteiger partial charge on any atom is -0.387 e. The minimum atomic E-state index is -5.32. The van der Waals surface area contributed by atoms with Gasteiger partial charge in [-0.2, -0.15) is 0 Å². The molecule has 0 saturated carbocycles. The highest BCUT2D eigenvalue weighted by molar-refractivity contribution is 7.52. The van der Waals surface area contributed by atoms with Crippen LogP contribution in [0, 0.1) is 0 Å². The Hall–Kier alpha value is -4.90. The predicted octanol–water partition coefficient (Wildman–Crippen LogP) is -3.46. The zero-order valence-corrected chi connectivity index (χ0v) is 36.9. The van der Waals surface area contributed by atoms with Crippen molar-refractivity contribution in [3.63, 3.8) is 0 Å². The lowest BCUT2D eigenvalue weighted by Crippen LogP contribution is -2.37. The summed E-state index contributed by atoms with van der Waals surface area (Å²) in [6.07, 6.45) is -13.7. The van der Waals surface area contributed by atoms with Crippen LogP contribution in [0.2, 0.25) is 0 Å². The van der Waals surface area contributed by atoms with E-state index >= 15 is 0 Å². The average molecular weight is 1020 g/mol. The van der Waals surface area contributed by atoms with Crippen LogP contribution in [0.4, 0.5) is 17.5 Å². The quantitative estimate of drug-likeness (QED) is 0.0396. The molecule has 0 spiro atoms. The van der Waals surface area contributed by atoms with E-state index < -0.39 is 123 Å². The molecular formula is C31H40N15O19P3. The van der Waals surface area contributed by atoms with Crippen molar-refractivity contribution in [3.8, 4) is 0 Å². The summed E-state index contributed by atoms with van der Waals surface area (Å²) >= 11 is 0. The molecule has 0 bridgehead atoms. The van der Waals surface area contributed by atoms with Gasteiger partial charge >= 0.3 is 23.2 Å². The molecule has 37 heteroatoms. The molecule has 3 aliphatic heterocycles. The molecule has 0 radical (unpaired) electrons. The lowest BCUT2D eigenvalue weighted by Gasteiger charge is -2.25. The van der Waals surface area contributed by atoms with Gasteiger partial charge in [0.2, 0.25) is 0 Å². The highest BCUT2D eigenvalue weighted by atomic mass is 31.2. The zero-order chi connectivity index (χ0) is 48.4. The zero-order valence-electron chi connectivity index (χ0n) is 34.2. The molecule has 68 heavy (non-hydrogen) atoms. The Morgan fingerprint density at radius 2 is 0.941 bits per heavy atom. The Balaban J connectivity index is 0.891. The summed E-state index contributed by atoms with van der Waals surface area (Å²) < 4.78 is 85.9. The van der Waals surface area contributed by atoms with Gasteiger partial charge in [-0.3, -0.25) is 31.8 Å². The van der Waals surface area contributed by atoms with E-state index in [9.17, 15) is 53.7 Å². The summed E-state index contributed by atoms with van der Waals surface area (Å²) in [5, 5.41) is 44.4. The van der Waals surface area contributed by atoms with Gasteiger partial charge < -0.3 is 80.7 Å². The molecule has 6 aromatic heterocycles. The number of imidazole rings is 3. The summed E-state index contributed by atoms with van der Waals surface area (Å²) in [5.74, 6) is -0.0735. The number of ether oxygens (including phenoxy) is 4. The number of phosphoric acid groups is 2. The summed E-state index contributed by atoms with van der Waals surface area (Å²) in [5.41, 5.74) is 18.2. The van der Waals surface area contributed by atoms with Crippen LogP contribution in [0.1, 0.15) is 18.7 Å². The fraction of sp³-hybridized carbons (Fsp3) is 0.516. The molecule has 14 atom stereocenters. The van der Waals surface area contributed by atoms with Crippen LogP contribution in [0.5, 0.6) is 0 Å². The van der Waals surface area contributed by atoms with E-state index in [-0.39, 0.29) is 50.9 Å². The number of nitrogen functional groups attached to an aromatic ring is 3. The molecule has 0 amide bonds. The first-order valence-electron chi connectivity index (χ1n) is 19.6. The molecule has 0 aliphatic carbocycles. The number of phosphoric ester groups is 2. The Bertz CT molecular complexity index is 2960. The van der Waals surface area contributed by atoms with Crippen molar-refractivity contribution in [1.82, 2.24) is 58.6 Å². The first-order valence-corrected chi connectivity index (χ1v) is 24.4. The van der Waals surface area contributed by atoms with Gasteiger partial charge in [0.15, 0.2) is 53.1 Å². The Labute approximate surface area is 377 Å². The normalized spacial score (nSPS) is 30.7. The number of hydrogen-bond donors (Lipinski definition) is 11. The molecule has 368 valence electrons. The van der Waals surface area contributed by atoms with Crippen molar-refractivity contribution < 1.29 is 90.7 Å². The van der Waals surface area contributed by atoms with Crippen LogP contribution in [0.15, 0.2) is 38.0 Å². The highest BCUT2D eigenvalue weighted by Gasteiger charge is 2.52. The number of aliphatic hydroxyl groups excluding tert-OH is 4. The number of nitrogens with two attached hydrogens (primary N) is 3. The van der Waals surface area contributed by atoms with Gasteiger partial charge in [0, 0.05) is 0 Å². The maximum absolute atomic E-state index is 13.6. The van der Waals surface area contributed by atoms with Crippen molar-refractivity contribution in [2.75, 3.05) is 43.4 Å². The maximum atomic E-state index is 13.6. The van der Waals surface area contributed by atoms with Crippen molar-refractivity contribution >= 4 is 74.2 Å². The van der Waals surface area contributed by atoms with Crippen molar-refractivity contribution in [2.24, 2.45) is 0 Å². The molecule has 3 saturated heterocycles. The Morgan fingerprint density at radius 3 is 1.44 bits per heavy atom. The van der Waals surface area contributed by atoms with E-state index in [1.54, 1.807) is 0 Å². The topological polar surface area (TPSA) is 496 Å². The molecule has 6 aromatic rings. The van der Waals surface area contributed by atoms with Crippen LogP contribution in [-0.2, 0) is 50.7 Å². The van der Waals surface area contributed by atoms with Crippen LogP contribution >= 0.6 is 23.2 Å². The largest absolute Gasteiger partial charge is 0.472 e. The monoisotopic (exact) mass is 1020 g/mol. The van der Waals surface area contributed by atoms with Crippen molar-refractivity contribution in [2.45, 2.75) is 73.6 Å². The number of aliphatic hydroxyl groups is 4. The molecule has 3 aliphatic rings. The molecule has 34 nitrogen and oxygen atoms in total. The van der Waals surface area contributed by atoms with Gasteiger partial charge in [0.25, 0.3) is 0 Å². The first kappa shape index (κ1) is 48.1. The van der Waals surface area contributed by atoms with Gasteiger partial charge in [0.05, 0.1) is 38.8 Å². The average Bonchev–Trinajstić information content (AvgIpc) is 4.14. The molecule has 2 unspecified atom stereocenters. The van der Waals surface area contributed by atoms with Crippen LogP contribution in [0.3, 0.4) is 0 Å². The lowest BCUT2D eigenvalue weighted by molar-refractivity contribution is -0.0664. The number of nitrogens with zero attached hydrogens (tertiary/aromatic N) is 12. The second kappa shape index (κ2) is 18.4. The summed E-state index contributed by atoms with van der Waals surface area (Å²) in [4.78, 5) is 76.7. The van der Waals surface area contributed by atoms with E-state index in [0.717, 1.165) is 29.9 Å². The van der Waals surface area contributed by atoms with E-state index in [0.29, 0.717) is 0 Å². The number of aromatic nitrogens is 12. The van der Waals surface area contributed by atoms with Crippen LogP contribution in [0.25, 0.3) is 33.5 Å². The lowest BCUT2D eigenvalue weighted by atomic mass is 10.1. The van der Waals surface area contributed by atoms with Gasteiger partial charge in [-0.05, 0) is 0 Å². The highest BCUT2D eigenvalue weighted by Crippen LogP contribution is 2.51. The molecule has 9 rings (SSSR count). The summed E-state index contributed by atoms with van der Waals surface area (Å²) in [6, 6.07) is 0. The van der Waals surface area contributed by atoms with E-state index in [1.165, 1.54) is 21.8 Å². The van der Waals surface area contributed by atoms with Gasteiger partial charge in [-0.25, -0.2) is 54.0 Å². The van der Waals surface area contributed by atoms with E-state index in [4.69, 9.17) is 49.7 Å². The number of rotatable bonds is 17. The maximum Gasteiger partial charge on any atom is 0.472 e. The molecule has 0 aromatic carbocycles. The van der Waals surface area contributed by atoms with Crippen molar-refractivity contribution in [3.05, 3.63) is 38.0 Å². The number of anilines is 3. The number of hydrogen-bond acceptors (Lipinski definition) is 27. The molecule has 3 fully saturated rings. The van der Waals surface area contributed by atoms with E-state index in [2.05, 4.69) is 49.4 Å². The fourth-order valence-corrected chi connectivity index (χ4v) is 9.74. The number of fused-ring (bicyclic) bond motifs is 3. The standard InChI is InChI=1S/C31H40N15O19P3/c32-23-14-26(38-4-35-23)44(7-41-14)29-20(50)17(47)11(62-29)3-61-68(56,57)65-22-19(49)12(64-31(22)46-9-43-16-25(34)37-6-40-28(16)46)1-59-66(51,52)10-58-21-18(48)13(2-60-67(53,54)55)63-30(21)45-8-42-15-24(33)36-5-39-27(15)45/h4-9,11-13,17-22,29-31,47-50H,1-3,10H2,(H,51,52)(H,56,57)(H2,32,35,38)(H2,33,36,39)(H2,34,37,40)(H2,53,54,55)/t11-,12-,13-,17-,18-,19-,20-,21-,22-,29-,30-,31-/m1/s1. The second-order valence-corrected chi connectivity index (χ2v) is 19.7. The third-order valence-electron chi connectivity index (χ3n) is 10.9. The Kier molecular flexibility index (Phi) is 13.1. The van der Waals surface area contributed by atoms with Crippen molar-refractivity contribution in [1.29, 1.82) is 0 Å². The summed E-state index contributed by atoms with van der Waals surface area (Å²) in [6.45, 7) is -2.65. The molecule has 14 N–H and O–H groups in total. The minimum absolute atomic E-state index is 0.00226. The van der Waals surface area contributed by atoms with E-state index in [1.807, 2.05) is 0 Å². The van der Waals surface area contributed by atoms with Gasteiger partial charge in [0.1, 0.15) is 96.8 Å². The third kappa shape index (κ3) is 9.42. The Morgan fingerprint density at radius 1 is 0.529 bits per heavy atom. The third-order valence-corrected chi connectivity index (χ3v) is 13.4. The van der Waals surface area contributed by atoms with Gasteiger partial charge in [-0.15, -0.1) is 0 Å². The molecule has 9 heterocycles. The second-order valence-electron chi connectivity index (χ2n) is 15.2. The SMILES string of the molecule is Nc1ncnc2c1ncn2[C@@H]1O[C@H](COP(=O)(O)O[C@@H]2[C@H](O)[C@@H](COP(=O)(O)CO[C@@H]3[C@H](O)[C@@H](COP(=O)(O)O)O[C@H]3n3cnc4c(N)ncnc43)O[C@H]2n2cnc3c(N)ncnc32)[C@@H](O)[C@H]1O. The predicted molar refractivity (Wildman–Crippen MR) is 219 cm³/mol.